The van der Waals surface area contributed by atoms with Crippen molar-refractivity contribution < 1.29 is 4.74 Å². The summed E-state index contributed by atoms with van der Waals surface area (Å²) < 4.78 is 8.92. The second-order valence-electron chi connectivity index (χ2n) is 6.47. The molecule has 0 amide bonds. The third kappa shape index (κ3) is 6.16. The van der Waals surface area contributed by atoms with Crippen LogP contribution in [0.25, 0.3) is 0 Å². The number of nitrogens with one attached hydrogen (secondary N) is 2. The molecule has 0 saturated carbocycles. The van der Waals surface area contributed by atoms with Crippen LogP contribution >= 0.6 is 24.0 Å². The minimum atomic E-state index is 0. The summed E-state index contributed by atoms with van der Waals surface area (Å²) in [6.45, 7) is 4.87. The average molecular weight is 488 g/mol. The van der Waals surface area contributed by atoms with Crippen LogP contribution in [0.3, 0.4) is 0 Å². The molecular formula is C17H29IN8O. The van der Waals surface area contributed by atoms with E-state index in [1.165, 1.54) is 5.56 Å². The highest BCUT2D eigenvalue weighted by atomic mass is 127. The number of nitrogens with zero attached hydrogens (tertiary/aromatic N) is 6. The average Bonchev–Trinajstić information content (AvgIpc) is 3.20. The molecule has 0 bridgehead atoms. The molecule has 0 aliphatic carbocycles. The molecule has 0 spiro atoms. The summed E-state index contributed by atoms with van der Waals surface area (Å²) >= 11 is 0. The van der Waals surface area contributed by atoms with Crippen LogP contribution in [-0.4, -0.2) is 56.7 Å². The lowest BCUT2D eigenvalue weighted by atomic mass is 10.1. The fourth-order valence-corrected chi connectivity index (χ4v) is 3.08. The van der Waals surface area contributed by atoms with E-state index in [2.05, 4.69) is 32.7 Å². The molecule has 3 rings (SSSR count). The van der Waals surface area contributed by atoms with E-state index in [0.29, 0.717) is 6.61 Å². The molecule has 3 heterocycles. The van der Waals surface area contributed by atoms with E-state index in [9.17, 15) is 0 Å². The van der Waals surface area contributed by atoms with Crippen LogP contribution < -0.4 is 10.6 Å². The molecule has 1 aliphatic rings. The zero-order valence-corrected chi connectivity index (χ0v) is 18.5. The largest absolute Gasteiger partial charge is 0.377 e. The van der Waals surface area contributed by atoms with E-state index in [-0.39, 0.29) is 30.0 Å². The Hall–Kier alpha value is -1.69. The van der Waals surface area contributed by atoms with Crippen LogP contribution in [0.5, 0.6) is 0 Å². The first-order chi connectivity index (χ1) is 12.7. The number of hydrogen-bond donors (Lipinski definition) is 2. The smallest absolute Gasteiger partial charge is 0.191 e. The maximum absolute atomic E-state index is 5.12. The summed E-state index contributed by atoms with van der Waals surface area (Å²) in [5.74, 6) is 2.64. The molecule has 0 radical (unpaired) electrons. The number of fused-ring (bicyclic) bond motifs is 1. The second kappa shape index (κ2) is 10.6. The van der Waals surface area contributed by atoms with E-state index in [1.807, 2.05) is 28.8 Å². The van der Waals surface area contributed by atoms with Gasteiger partial charge in [-0.2, -0.15) is 10.2 Å². The third-order valence-corrected chi connectivity index (χ3v) is 4.29. The number of hydrogen-bond acceptors (Lipinski definition) is 5. The molecule has 27 heavy (non-hydrogen) atoms. The maximum atomic E-state index is 5.12. The molecule has 150 valence electrons. The molecule has 1 aliphatic heterocycles. The summed E-state index contributed by atoms with van der Waals surface area (Å²) in [5.41, 5.74) is 1.20. The predicted molar refractivity (Wildman–Crippen MR) is 114 cm³/mol. The normalized spacial score (nSPS) is 16.6. The summed E-state index contributed by atoms with van der Waals surface area (Å²) in [4.78, 5) is 9.22. The molecule has 2 aromatic rings. The number of rotatable bonds is 7. The standard InChI is InChI=1S/C17H28N8O.HI/c1-4-18-17(19-8-7-13-9-20-24(2)10-13)21-14-5-6-16-22-15(12-26-3)23-25(16)11-14;/h9-10,14H,4-8,11-12H2,1-3H3,(H2,18,19,21);1H. The topological polar surface area (TPSA) is 94.2 Å². The first-order valence-corrected chi connectivity index (χ1v) is 9.11. The van der Waals surface area contributed by atoms with Crippen molar-refractivity contribution >= 4 is 29.9 Å². The van der Waals surface area contributed by atoms with Gasteiger partial charge in [0.15, 0.2) is 11.8 Å². The highest BCUT2D eigenvalue weighted by Gasteiger charge is 2.22. The molecular weight excluding hydrogens is 459 g/mol. The SMILES string of the molecule is CCNC(=NCCc1cnn(C)c1)NC1CCc2nc(COC)nn2C1.I. The van der Waals surface area contributed by atoms with Crippen molar-refractivity contribution in [3.05, 3.63) is 29.6 Å². The minimum Gasteiger partial charge on any atom is -0.377 e. The van der Waals surface area contributed by atoms with Gasteiger partial charge in [-0.1, -0.05) is 0 Å². The van der Waals surface area contributed by atoms with Crippen LogP contribution in [-0.2, 0) is 37.8 Å². The lowest BCUT2D eigenvalue weighted by Gasteiger charge is -2.25. The molecule has 0 saturated heterocycles. The quantitative estimate of drug-likeness (QED) is 0.342. The van der Waals surface area contributed by atoms with E-state index < -0.39 is 0 Å². The summed E-state index contributed by atoms with van der Waals surface area (Å²) in [5, 5.41) is 15.6. The molecule has 0 aromatic carbocycles. The molecule has 2 aromatic heterocycles. The van der Waals surface area contributed by atoms with Gasteiger partial charge in [-0.05, 0) is 25.3 Å². The Bertz CT molecular complexity index is 741. The lowest BCUT2D eigenvalue weighted by Crippen LogP contribution is -2.47. The van der Waals surface area contributed by atoms with Gasteiger partial charge in [0.2, 0.25) is 0 Å². The molecule has 2 N–H and O–H groups in total. The van der Waals surface area contributed by atoms with Crippen molar-refractivity contribution in [2.24, 2.45) is 12.0 Å². The van der Waals surface area contributed by atoms with Crippen LogP contribution in [0.4, 0.5) is 0 Å². The van der Waals surface area contributed by atoms with Gasteiger partial charge < -0.3 is 15.4 Å². The fourth-order valence-electron chi connectivity index (χ4n) is 3.08. The van der Waals surface area contributed by atoms with Crippen molar-refractivity contribution in [1.82, 2.24) is 35.2 Å². The highest BCUT2D eigenvalue weighted by molar-refractivity contribution is 14.0. The van der Waals surface area contributed by atoms with Crippen molar-refractivity contribution in [3.63, 3.8) is 0 Å². The van der Waals surface area contributed by atoms with E-state index in [1.54, 1.807) is 7.11 Å². The number of aliphatic imine (C=N–C) groups is 1. The van der Waals surface area contributed by atoms with Gasteiger partial charge in [0, 0.05) is 45.9 Å². The minimum absolute atomic E-state index is 0. The van der Waals surface area contributed by atoms with Gasteiger partial charge in [0.25, 0.3) is 0 Å². The number of guanidine groups is 1. The first-order valence-electron chi connectivity index (χ1n) is 9.11. The van der Waals surface area contributed by atoms with Gasteiger partial charge in [-0.25, -0.2) is 9.67 Å². The van der Waals surface area contributed by atoms with Gasteiger partial charge in [-0.15, -0.1) is 24.0 Å². The summed E-state index contributed by atoms with van der Waals surface area (Å²) in [7, 11) is 3.59. The molecule has 1 atom stereocenters. The highest BCUT2D eigenvalue weighted by Crippen LogP contribution is 2.13. The number of methoxy groups -OCH3 is 1. The second-order valence-corrected chi connectivity index (χ2v) is 6.47. The number of ether oxygens (including phenoxy) is 1. The monoisotopic (exact) mass is 488 g/mol. The van der Waals surface area contributed by atoms with Gasteiger partial charge >= 0.3 is 0 Å². The fraction of sp³-hybridized carbons (Fsp3) is 0.647. The van der Waals surface area contributed by atoms with Crippen LogP contribution in [0.2, 0.25) is 0 Å². The van der Waals surface area contributed by atoms with E-state index in [0.717, 1.165) is 56.5 Å². The molecule has 9 nitrogen and oxygen atoms in total. The first kappa shape index (κ1) is 21.6. The van der Waals surface area contributed by atoms with Crippen molar-refractivity contribution in [2.75, 3.05) is 20.2 Å². The Kier molecular flexibility index (Phi) is 8.48. The number of halogens is 1. The van der Waals surface area contributed by atoms with E-state index in [4.69, 9.17) is 9.73 Å². The summed E-state index contributed by atoms with van der Waals surface area (Å²) in [6, 6.07) is 0.288. The Balaban J connectivity index is 0.00000261. The lowest BCUT2D eigenvalue weighted by molar-refractivity contribution is 0.177. The number of aryl methyl sites for hydroxylation is 2. The van der Waals surface area contributed by atoms with Gasteiger partial charge in [0.05, 0.1) is 12.7 Å². The summed E-state index contributed by atoms with van der Waals surface area (Å²) in [6.07, 6.45) is 6.71. The molecule has 0 fully saturated rings. The Morgan fingerprint density at radius 1 is 1.44 bits per heavy atom. The Morgan fingerprint density at radius 3 is 3.00 bits per heavy atom. The van der Waals surface area contributed by atoms with Crippen molar-refractivity contribution in [1.29, 1.82) is 0 Å². The predicted octanol–water partition coefficient (Wildman–Crippen LogP) is 0.889. The Labute approximate surface area is 177 Å². The molecule has 10 heteroatoms. The van der Waals surface area contributed by atoms with Gasteiger partial charge in [0.1, 0.15) is 12.4 Å². The van der Waals surface area contributed by atoms with E-state index >= 15 is 0 Å². The van der Waals surface area contributed by atoms with Crippen LogP contribution in [0.1, 0.15) is 30.6 Å². The van der Waals surface area contributed by atoms with Crippen LogP contribution in [0.15, 0.2) is 17.4 Å². The molecule has 1 unspecified atom stereocenters. The zero-order chi connectivity index (χ0) is 18.4. The Morgan fingerprint density at radius 2 is 2.30 bits per heavy atom. The van der Waals surface area contributed by atoms with Crippen molar-refractivity contribution in [2.45, 2.75) is 45.4 Å². The maximum Gasteiger partial charge on any atom is 0.191 e. The number of aromatic nitrogens is 5. The van der Waals surface area contributed by atoms with Crippen molar-refractivity contribution in [3.8, 4) is 0 Å². The zero-order valence-electron chi connectivity index (χ0n) is 16.2. The third-order valence-electron chi connectivity index (χ3n) is 4.29. The van der Waals surface area contributed by atoms with Crippen LogP contribution in [0, 0.1) is 0 Å². The van der Waals surface area contributed by atoms with Gasteiger partial charge in [-0.3, -0.25) is 9.67 Å².